The molecule has 4 nitrogen and oxygen atoms in total. The average molecular weight is 261 g/mol. The lowest BCUT2D eigenvalue weighted by molar-refractivity contribution is 0.00153. The van der Waals surface area contributed by atoms with Crippen LogP contribution in [0.5, 0.6) is 0 Å². The van der Waals surface area contributed by atoms with E-state index in [0.29, 0.717) is 26.4 Å². The van der Waals surface area contributed by atoms with Crippen molar-refractivity contribution in [2.75, 3.05) is 46.7 Å². The van der Waals surface area contributed by atoms with Gasteiger partial charge < -0.3 is 19.5 Å². The van der Waals surface area contributed by atoms with Gasteiger partial charge in [-0.15, -0.1) is 0 Å². The van der Waals surface area contributed by atoms with Gasteiger partial charge in [0.1, 0.15) is 0 Å². The zero-order valence-electron chi connectivity index (χ0n) is 13.0. The lowest BCUT2D eigenvalue weighted by Crippen LogP contribution is -2.43. The molecule has 0 heterocycles. The average Bonchev–Trinajstić information content (AvgIpc) is 2.25. The highest BCUT2D eigenvalue weighted by atomic mass is 16.5. The number of methoxy groups -OCH3 is 1. The van der Waals surface area contributed by atoms with E-state index in [1.54, 1.807) is 7.11 Å². The first kappa shape index (κ1) is 17.8. The van der Waals surface area contributed by atoms with Crippen LogP contribution < -0.4 is 5.32 Å². The summed E-state index contributed by atoms with van der Waals surface area (Å²) in [4.78, 5) is 0. The van der Waals surface area contributed by atoms with Gasteiger partial charge in [0.25, 0.3) is 0 Å². The topological polar surface area (TPSA) is 39.7 Å². The Morgan fingerprint density at radius 1 is 0.833 bits per heavy atom. The van der Waals surface area contributed by atoms with E-state index in [1.807, 2.05) is 0 Å². The number of rotatable bonds is 10. The van der Waals surface area contributed by atoms with Crippen molar-refractivity contribution in [3.63, 3.8) is 0 Å². The Morgan fingerprint density at radius 3 is 1.94 bits per heavy atom. The third-order valence-corrected chi connectivity index (χ3v) is 2.39. The molecule has 0 unspecified atom stereocenters. The highest BCUT2D eigenvalue weighted by molar-refractivity contribution is 4.77. The first-order chi connectivity index (χ1) is 8.27. The van der Waals surface area contributed by atoms with E-state index in [9.17, 15) is 0 Å². The molecule has 0 aromatic heterocycles. The summed E-state index contributed by atoms with van der Waals surface area (Å²) in [6.45, 7) is 15.2. The van der Waals surface area contributed by atoms with Gasteiger partial charge in [-0.25, -0.2) is 0 Å². The molecule has 18 heavy (non-hydrogen) atoms. The number of hydrogen-bond donors (Lipinski definition) is 1. The molecular formula is C14H31NO3. The minimum atomic E-state index is 0.139. The molecule has 0 radical (unpaired) electrons. The molecule has 0 amide bonds. The van der Waals surface area contributed by atoms with Gasteiger partial charge in [0.05, 0.1) is 33.0 Å². The maximum absolute atomic E-state index is 5.64. The molecule has 0 fully saturated rings. The predicted octanol–water partition coefficient (Wildman–Crippen LogP) is 2.08. The Morgan fingerprint density at radius 2 is 1.39 bits per heavy atom. The van der Waals surface area contributed by atoms with E-state index in [1.165, 1.54) is 0 Å². The van der Waals surface area contributed by atoms with Crippen LogP contribution in [-0.4, -0.2) is 52.2 Å². The molecule has 0 aliphatic rings. The van der Waals surface area contributed by atoms with Gasteiger partial charge in [-0.1, -0.05) is 13.8 Å². The smallest absolute Gasteiger partial charge is 0.0701 e. The maximum Gasteiger partial charge on any atom is 0.0701 e. The Labute approximate surface area is 112 Å². The van der Waals surface area contributed by atoms with E-state index < -0.39 is 0 Å². The maximum atomic E-state index is 5.64. The number of nitrogens with one attached hydrogen (secondary N) is 1. The molecule has 1 N–H and O–H groups in total. The molecule has 4 heteroatoms. The van der Waals surface area contributed by atoms with Gasteiger partial charge in [-0.2, -0.15) is 0 Å². The second kappa shape index (κ2) is 8.86. The second-order valence-corrected chi connectivity index (χ2v) is 6.43. The van der Waals surface area contributed by atoms with Gasteiger partial charge in [0, 0.05) is 24.6 Å². The van der Waals surface area contributed by atoms with Crippen LogP contribution in [0.2, 0.25) is 0 Å². The highest BCUT2D eigenvalue weighted by Crippen LogP contribution is 2.15. The van der Waals surface area contributed by atoms with E-state index in [2.05, 4.69) is 39.9 Å². The van der Waals surface area contributed by atoms with Gasteiger partial charge in [0.15, 0.2) is 0 Å². The zero-order chi connectivity index (χ0) is 14.1. The fraction of sp³-hybridized carbons (Fsp3) is 1.00. The number of ether oxygens (including phenoxy) is 3. The van der Waals surface area contributed by atoms with Crippen molar-refractivity contribution >= 4 is 0 Å². The summed E-state index contributed by atoms with van der Waals surface area (Å²) in [6.07, 6.45) is 0. The summed E-state index contributed by atoms with van der Waals surface area (Å²) in [5.41, 5.74) is 0.292. The summed E-state index contributed by atoms with van der Waals surface area (Å²) in [7, 11) is 1.67. The summed E-state index contributed by atoms with van der Waals surface area (Å²) in [5.74, 6) is 0. The molecule has 0 spiro atoms. The van der Waals surface area contributed by atoms with E-state index in [-0.39, 0.29) is 11.0 Å². The van der Waals surface area contributed by atoms with Crippen LogP contribution in [0.1, 0.15) is 34.6 Å². The molecule has 0 bridgehead atoms. The van der Waals surface area contributed by atoms with Crippen molar-refractivity contribution in [3.05, 3.63) is 0 Å². The molecule has 0 aromatic carbocycles. The van der Waals surface area contributed by atoms with Crippen molar-refractivity contribution in [3.8, 4) is 0 Å². The van der Waals surface area contributed by atoms with Crippen LogP contribution in [-0.2, 0) is 14.2 Å². The Kier molecular flexibility index (Phi) is 8.78. The number of hydrogen-bond acceptors (Lipinski definition) is 4. The fourth-order valence-corrected chi connectivity index (χ4v) is 1.27. The van der Waals surface area contributed by atoms with Crippen molar-refractivity contribution in [1.82, 2.24) is 5.32 Å². The Balaban J connectivity index is 3.52. The second-order valence-electron chi connectivity index (χ2n) is 6.43. The summed E-state index contributed by atoms with van der Waals surface area (Å²) < 4.78 is 15.9. The van der Waals surface area contributed by atoms with Crippen molar-refractivity contribution < 1.29 is 14.2 Å². The fourth-order valence-electron chi connectivity index (χ4n) is 1.27. The summed E-state index contributed by atoms with van der Waals surface area (Å²) in [5, 5.41) is 3.50. The Hall–Kier alpha value is -0.160. The van der Waals surface area contributed by atoms with Gasteiger partial charge in [0.2, 0.25) is 0 Å². The van der Waals surface area contributed by atoms with E-state index in [4.69, 9.17) is 14.2 Å². The van der Waals surface area contributed by atoms with Crippen LogP contribution in [0.15, 0.2) is 0 Å². The standard InChI is InChI=1S/C14H31NO3/c1-13(2,3)15-11-14(4,5)12-18-10-9-17-8-7-16-6/h15H,7-12H2,1-6H3. The first-order valence-electron chi connectivity index (χ1n) is 6.66. The van der Waals surface area contributed by atoms with Gasteiger partial charge in [-0.3, -0.25) is 0 Å². The van der Waals surface area contributed by atoms with Gasteiger partial charge >= 0.3 is 0 Å². The zero-order valence-corrected chi connectivity index (χ0v) is 13.0. The summed E-state index contributed by atoms with van der Waals surface area (Å²) >= 11 is 0. The molecule has 0 rings (SSSR count). The third kappa shape index (κ3) is 12.3. The quantitative estimate of drug-likeness (QED) is 0.611. The molecule has 0 saturated carbocycles. The molecule has 110 valence electrons. The van der Waals surface area contributed by atoms with E-state index >= 15 is 0 Å². The first-order valence-corrected chi connectivity index (χ1v) is 6.66. The minimum absolute atomic E-state index is 0.139. The molecule has 0 aromatic rings. The van der Waals surface area contributed by atoms with Crippen LogP contribution in [0.25, 0.3) is 0 Å². The van der Waals surface area contributed by atoms with Crippen molar-refractivity contribution in [1.29, 1.82) is 0 Å². The van der Waals surface area contributed by atoms with E-state index in [0.717, 1.165) is 13.2 Å². The SMILES string of the molecule is COCCOCCOCC(C)(C)CNC(C)(C)C. The van der Waals surface area contributed by atoms with Crippen molar-refractivity contribution in [2.24, 2.45) is 5.41 Å². The molecule has 0 saturated heterocycles. The molecule has 0 aliphatic carbocycles. The normalized spacial score (nSPS) is 13.0. The minimum Gasteiger partial charge on any atom is -0.382 e. The van der Waals surface area contributed by atoms with Crippen LogP contribution in [0, 0.1) is 5.41 Å². The third-order valence-electron chi connectivity index (χ3n) is 2.39. The van der Waals surface area contributed by atoms with Crippen molar-refractivity contribution in [2.45, 2.75) is 40.2 Å². The Bertz CT molecular complexity index is 200. The monoisotopic (exact) mass is 261 g/mol. The molecule has 0 aliphatic heterocycles. The predicted molar refractivity (Wildman–Crippen MR) is 75.1 cm³/mol. The van der Waals surface area contributed by atoms with Crippen LogP contribution in [0.4, 0.5) is 0 Å². The molecule has 0 atom stereocenters. The van der Waals surface area contributed by atoms with Crippen LogP contribution in [0.3, 0.4) is 0 Å². The highest BCUT2D eigenvalue weighted by Gasteiger charge is 2.20. The van der Waals surface area contributed by atoms with Gasteiger partial charge in [-0.05, 0) is 20.8 Å². The molecular weight excluding hydrogens is 230 g/mol. The summed E-state index contributed by atoms with van der Waals surface area (Å²) in [6, 6.07) is 0. The largest absolute Gasteiger partial charge is 0.382 e. The van der Waals surface area contributed by atoms with Crippen LogP contribution >= 0.6 is 0 Å². The lowest BCUT2D eigenvalue weighted by atomic mass is 9.93. The lowest BCUT2D eigenvalue weighted by Gasteiger charge is -2.30.